The van der Waals surface area contributed by atoms with Crippen molar-refractivity contribution in [2.24, 2.45) is 17.1 Å². The van der Waals surface area contributed by atoms with Gasteiger partial charge in [0.2, 0.25) is 5.91 Å². The third-order valence-corrected chi connectivity index (χ3v) is 2.61. The summed E-state index contributed by atoms with van der Waals surface area (Å²) in [7, 11) is 0. The largest absolute Gasteiger partial charge is 0.369 e. The molecule has 2 N–H and O–H groups in total. The number of hydrogen-bond acceptors (Lipinski definition) is 1. The minimum absolute atomic E-state index is 0.0208. The first-order valence-electron chi connectivity index (χ1n) is 4.25. The van der Waals surface area contributed by atoms with Gasteiger partial charge in [0.25, 0.3) is 0 Å². The normalized spacial score (nSPS) is 14.5. The Bertz CT molecular complexity index is 140. The van der Waals surface area contributed by atoms with E-state index in [-0.39, 0.29) is 17.2 Å². The summed E-state index contributed by atoms with van der Waals surface area (Å²) < 4.78 is 0. The molecule has 0 radical (unpaired) electrons. The summed E-state index contributed by atoms with van der Waals surface area (Å²) in [5.74, 6) is -0.146. The van der Waals surface area contributed by atoms with Gasteiger partial charge in [0.1, 0.15) is 0 Å². The molecule has 66 valence electrons. The first-order valence-corrected chi connectivity index (χ1v) is 4.25. The molecule has 0 aromatic heterocycles. The van der Waals surface area contributed by atoms with Crippen molar-refractivity contribution in [3.05, 3.63) is 0 Å². The molecule has 0 aromatic rings. The van der Waals surface area contributed by atoms with Crippen molar-refractivity contribution >= 4 is 5.91 Å². The third-order valence-electron chi connectivity index (χ3n) is 2.61. The van der Waals surface area contributed by atoms with Crippen molar-refractivity contribution in [2.75, 3.05) is 0 Å². The minimum atomic E-state index is -0.167. The number of amides is 1. The van der Waals surface area contributed by atoms with Gasteiger partial charge in [0.15, 0.2) is 0 Å². The zero-order valence-electron chi connectivity index (χ0n) is 7.98. The molecule has 0 heterocycles. The van der Waals surface area contributed by atoms with Gasteiger partial charge in [-0.15, -0.1) is 0 Å². The molecule has 1 amide bonds. The molecule has 1 atom stereocenters. The molecule has 0 aliphatic heterocycles. The van der Waals surface area contributed by atoms with E-state index in [1.54, 1.807) is 0 Å². The molecule has 0 aliphatic rings. The molecule has 2 nitrogen and oxygen atoms in total. The number of carbonyl (C=O) groups excluding carboxylic acids is 1. The highest BCUT2D eigenvalue weighted by Gasteiger charge is 2.30. The monoisotopic (exact) mass is 157 g/mol. The van der Waals surface area contributed by atoms with E-state index in [0.717, 1.165) is 12.8 Å². The highest BCUT2D eigenvalue weighted by atomic mass is 16.1. The van der Waals surface area contributed by atoms with Crippen LogP contribution in [-0.4, -0.2) is 5.91 Å². The average Bonchev–Trinajstić information content (AvgIpc) is 1.88. The van der Waals surface area contributed by atoms with E-state index >= 15 is 0 Å². The molecule has 0 aromatic carbocycles. The van der Waals surface area contributed by atoms with Crippen LogP contribution in [0.5, 0.6) is 0 Å². The summed E-state index contributed by atoms with van der Waals surface area (Å²) in [4.78, 5) is 11.0. The fourth-order valence-electron chi connectivity index (χ4n) is 1.39. The Morgan fingerprint density at radius 3 is 2.00 bits per heavy atom. The summed E-state index contributed by atoms with van der Waals surface area (Å²) in [6.45, 7) is 8.27. The lowest BCUT2D eigenvalue weighted by atomic mass is 9.75. The highest BCUT2D eigenvalue weighted by molar-refractivity contribution is 5.77. The number of rotatable bonds is 4. The summed E-state index contributed by atoms with van der Waals surface area (Å²) in [5.41, 5.74) is 5.33. The molecule has 11 heavy (non-hydrogen) atoms. The van der Waals surface area contributed by atoms with E-state index in [0.29, 0.717) is 0 Å². The van der Waals surface area contributed by atoms with Gasteiger partial charge in [-0.05, 0) is 11.8 Å². The first-order chi connectivity index (χ1) is 4.95. The van der Waals surface area contributed by atoms with Gasteiger partial charge < -0.3 is 5.73 Å². The Morgan fingerprint density at radius 1 is 1.45 bits per heavy atom. The van der Waals surface area contributed by atoms with Gasteiger partial charge >= 0.3 is 0 Å². The van der Waals surface area contributed by atoms with E-state index < -0.39 is 0 Å². The molecular weight excluding hydrogens is 138 g/mol. The van der Waals surface area contributed by atoms with Crippen LogP contribution in [-0.2, 0) is 4.79 Å². The van der Waals surface area contributed by atoms with Crippen molar-refractivity contribution in [1.29, 1.82) is 0 Å². The van der Waals surface area contributed by atoms with E-state index in [2.05, 4.69) is 20.8 Å². The fourth-order valence-corrected chi connectivity index (χ4v) is 1.39. The van der Waals surface area contributed by atoms with Gasteiger partial charge in [-0.25, -0.2) is 0 Å². The average molecular weight is 157 g/mol. The van der Waals surface area contributed by atoms with Gasteiger partial charge in [0.05, 0.1) is 0 Å². The van der Waals surface area contributed by atoms with Crippen molar-refractivity contribution in [3.63, 3.8) is 0 Å². The third kappa shape index (κ3) is 2.52. The SMILES string of the molecule is CC[C@@H](C(N)=O)C(C)(C)CC. The van der Waals surface area contributed by atoms with E-state index in [1.165, 1.54) is 0 Å². The summed E-state index contributed by atoms with van der Waals surface area (Å²) in [6.07, 6.45) is 1.84. The lowest BCUT2D eigenvalue weighted by Crippen LogP contribution is -2.34. The fraction of sp³-hybridized carbons (Fsp3) is 0.889. The number of carbonyl (C=O) groups is 1. The van der Waals surface area contributed by atoms with E-state index in [4.69, 9.17) is 5.73 Å². The standard InChI is InChI=1S/C9H19NO/c1-5-7(8(10)11)9(3,4)6-2/h7H,5-6H2,1-4H3,(H2,10,11)/t7-/m0/s1. The second kappa shape index (κ2) is 3.74. The number of nitrogens with two attached hydrogens (primary N) is 1. The molecule has 0 saturated carbocycles. The van der Waals surface area contributed by atoms with Crippen LogP contribution >= 0.6 is 0 Å². The smallest absolute Gasteiger partial charge is 0.221 e. The maximum atomic E-state index is 11.0. The van der Waals surface area contributed by atoms with Crippen LogP contribution in [0.15, 0.2) is 0 Å². The Hall–Kier alpha value is -0.530. The molecule has 0 aliphatic carbocycles. The number of hydrogen-bond donors (Lipinski definition) is 1. The van der Waals surface area contributed by atoms with Crippen LogP contribution in [0.3, 0.4) is 0 Å². The summed E-state index contributed by atoms with van der Waals surface area (Å²) in [6, 6.07) is 0. The summed E-state index contributed by atoms with van der Waals surface area (Å²) >= 11 is 0. The van der Waals surface area contributed by atoms with E-state index in [9.17, 15) is 4.79 Å². The molecule has 0 bridgehead atoms. The molecule has 0 saturated heterocycles. The van der Waals surface area contributed by atoms with Gasteiger partial charge in [-0.2, -0.15) is 0 Å². The summed E-state index contributed by atoms with van der Waals surface area (Å²) in [5, 5.41) is 0. The second-order valence-corrected chi connectivity index (χ2v) is 3.71. The molecule has 2 heteroatoms. The van der Waals surface area contributed by atoms with Crippen LogP contribution < -0.4 is 5.73 Å². The zero-order chi connectivity index (χ0) is 9.07. The molecule has 0 fully saturated rings. The van der Waals surface area contributed by atoms with Crippen molar-refractivity contribution in [3.8, 4) is 0 Å². The van der Waals surface area contributed by atoms with Crippen LogP contribution in [0.4, 0.5) is 0 Å². The van der Waals surface area contributed by atoms with Crippen LogP contribution in [0.1, 0.15) is 40.5 Å². The van der Waals surface area contributed by atoms with Crippen molar-refractivity contribution in [2.45, 2.75) is 40.5 Å². The van der Waals surface area contributed by atoms with Crippen LogP contribution in [0, 0.1) is 11.3 Å². The lowest BCUT2D eigenvalue weighted by molar-refractivity contribution is -0.125. The van der Waals surface area contributed by atoms with E-state index in [1.807, 2.05) is 6.92 Å². The molecule has 0 unspecified atom stereocenters. The predicted octanol–water partition coefficient (Wildman–Crippen LogP) is 1.93. The molecular formula is C9H19NO. The topological polar surface area (TPSA) is 43.1 Å². The Morgan fingerprint density at radius 2 is 1.91 bits per heavy atom. The quantitative estimate of drug-likeness (QED) is 0.665. The van der Waals surface area contributed by atoms with Crippen molar-refractivity contribution < 1.29 is 4.79 Å². The zero-order valence-corrected chi connectivity index (χ0v) is 7.98. The first kappa shape index (κ1) is 10.5. The number of primary amides is 1. The second-order valence-electron chi connectivity index (χ2n) is 3.71. The maximum absolute atomic E-state index is 11.0. The molecule has 0 rings (SSSR count). The predicted molar refractivity (Wildman–Crippen MR) is 47.0 cm³/mol. The maximum Gasteiger partial charge on any atom is 0.221 e. The van der Waals surface area contributed by atoms with Gasteiger partial charge in [0, 0.05) is 5.92 Å². The lowest BCUT2D eigenvalue weighted by Gasteiger charge is -2.30. The molecule has 0 spiro atoms. The van der Waals surface area contributed by atoms with Crippen molar-refractivity contribution in [1.82, 2.24) is 0 Å². The van der Waals surface area contributed by atoms with Gasteiger partial charge in [-0.1, -0.05) is 34.1 Å². The van der Waals surface area contributed by atoms with Crippen LogP contribution in [0.2, 0.25) is 0 Å². The Kier molecular flexibility index (Phi) is 3.56. The Balaban J connectivity index is 4.36. The van der Waals surface area contributed by atoms with Crippen LogP contribution in [0.25, 0.3) is 0 Å². The van der Waals surface area contributed by atoms with Gasteiger partial charge in [-0.3, -0.25) is 4.79 Å². The Labute approximate surface area is 69.2 Å². The highest BCUT2D eigenvalue weighted by Crippen LogP contribution is 2.32. The minimum Gasteiger partial charge on any atom is -0.369 e.